The molecule has 0 aliphatic rings. The summed E-state index contributed by atoms with van der Waals surface area (Å²) in [5.41, 5.74) is -0.743. The largest absolute Gasteiger partial charge is 0.481 e. The lowest BCUT2D eigenvalue weighted by atomic mass is 9.97. The number of carbonyl (C=O) groups is 4. The monoisotopic (exact) mass is 387 g/mol. The zero-order valence-corrected chi connectivity index (χ0v) is 17.0. The van der Waals surface area contributed by atoms with E-state index in [1.54, 1.807) is 20.8 Å². The van der Waals surface area contributed by atoms with Gasteiger partial charge in [-0.25, -0.2) is 4.79 Å². The van der Waals surface area contributed by atoms with Crippen LogP contribution in [0.4, 0.5) is 4.79 Å². The van der Waals surface area contributed by atoms with Gasteiger partial charge in [0.25, 0.3) is 0 Å². The van der Waals surface area contributed by atoms with Crippen molar-refractivity contribution in [3.05, 3.63) is 0 Å². The average molecular weight is 387 g/mol. The minimum absolute atomic E-state index is 0.109. The van der Waals surface area contributed by atoms with Crippen LogP contribution < -0.4 is 16.0 Å². The summed E-state index contributed by atoms with van der Waals surface area (Å²) < 4.78 is 5.16. The van der Waals surface area contributed by atoms with E-state index in [-0.39, 0.29) is 31.1 Å². The van der Waals surface area contributed by atoms with Crippen molar-refractivity contribution in [3.63, 3.8) is 0 Å². The lowest BCUT2D eigenvalue weighted by molar-refractivity contribution is -0.137. The SMILES string of the molecule is CC[C@@H](C)[C@H](NC(=O)[C@H](CCCC(=O)O)NC(=O)OC(C)(C)C)C(=O)NC. The Balaban J connectivity index is 5.19. The molecule has 0 heterocycles. The van der Waals surface area contributed by atoms with Crippen molar-refractivity contribution in [3.8, 4) is 0 Å². The van der Waals surface area contributed by atoms with E-state index >= 15 is 0 Å². The molecule has 0 fully saturated rings. The number of hydrogen-bond donors (Lipinski definition) is 4. The number of ether oxygens (including phenoxy) is 1. The van der Waals surface area contributed by atoms with Gasteiger partial charge in [-0.3, -0.25) is 14.4 Å². The molecule has 3 amide bonds. The van der Waals surface area contributed by atoms with Crippen LogP contribution in [-0.2, 0) is 19.1 Å². The fourth-order valence-electron chi connectivity index (χ4n) is 2.29. The predicted octanol–water partition coefficient (Wildman–Crippen LogP) is 1.41. The zero-order chi connectivity index (χ0) is 21.2. The minimum Gasteiger partial charge on any atom is -0.481 e. The van der Waals surface area contributed by atoms with Crippen LogP contribution in [0.15, 0.2) is 0 Å². The summed E-state index contributed by atoms with van der Waals surface area (Å²) >= 11 is 0. The Labute approximate surface area is 160 Å². The maximum absolute atomic E-state index is 12.7. The van der Waals surface area contributed by atoms with E-state index in [2.05, 4.69) is 16.0 Å². The van der Waals surface area contributed by atoms with Gasteiger partial charge in [0.05, 0.1) is 0 Å². The molecule has 0 aromatic carbocycles. The number of amides is 3. The molecule has 0 saturated heterocycles. The first-order chi connectivity index (χ1) is 12.4. The van der Waals surface area contributed by atoms with Crippen LogP contribution in [0.1, 0.15) is 60.3 Å². The molecule has 9 heteroatoms. The Bertz CT molecular complexity index is 530. The van der Waals surface area contributed by atoms with Crippen LogP contribution in [0.3, 0.4) is 0 Å². The molecular formula is C18H33N3O6. The molecule has 0 rings (SSSR count). The average Bonchev–Trinajstić information content (AvgIpc) is 2.55. The van der Waals surface area contributed by atoms with E-state index in [1.807, 2.05) is 13.8 Å². The van der Waals surface area contributed by atoms with E-state index in [1.165, 1.54) is 7.05 Å². The first-order valence-corrected chi connectivity index (χ1v) is 9.14. The fraction of sp³-hybridized carbons (Fsp3) is 0.778. The lowest BCUT2D eigenvalue weighted by Gasteiger charge is -2.27. The molecule has 0 unspecified atom stereocenters. The first kappa shape index (κ1) is 24.7. The van der Waals surface area contributed by atoms with Gasteiger partial charge in [0.2, 0.25) is 11.8 Å². The topological polar surface area (TPSA) is 134 Å². The van der Waals surface area contributed by atoms with Crippen molar-refractivity contribution in [1.82, 2.24) is 16.0 Å². The van der Waals surface area contributed by atoms with Crippen LogP contribution in [-0.4, -0.2) is 53.7 Å². The summed E-state index contributed by atoms with van der Waals surface area (Å²) in [6.45, 7) is 8.81. The van der Waals surface area contributed by atoms with Gasteiger partial charge in [-0.2, -0.15) is 0 Å². The number of carbonyl (C=O) groups excluding carboxylic acids is 3. The summed E-state index contributed by atoms with van der Waals surface area (Å²) in [7, 11) is 1.48. The van der Waals surface area contributed by atoms with E-state index in [4.69, 9.17) is 9.84 Å². The standard InChI is InChI=1S/C18H33N3O6/c1-7-11(2)14(16(25)19-6)21-15(24)12(9-8-10-13(22)23)20-17(26)27-18(3,4)5/h11-12,14H,7-10H2,1-6H3,(H,19,25)(H,20,26)(H,21,24)(H,22,23)/t11-,12+,14+/m1/s1. The van der Waals surface area contributed by atoms with Gasteiger partial charge in [-0.1, -0.05) is 20.3 Å². The summed E-state index contributed by atoms with van der Waals surface area (Å²) in [4.78, 5) is 47.5. The zero-order valence-electron chi connectivity index (χ0n) is 17.0. The molecule has 0 spiro atoms. The van der Waals surface area contributed by atoms with Crippen molar-refractivity contribution >= 4 is 23.9 Å². The van der Waals surface area contributed by atoms with E-state index < -0.39 is 35.7 Å². The van der Waals surface area contributed by atoms with Crippen LogP contribution in [0, 0.1) is 5.92 Å². The van der Waals surface area contributed by atoms with Gasteiger partial charge >= 0.3 is 12.1 Å². The van der Waals surface area contributed by atoms with Gasteiger partial charge in [-0.15, -0.1) is 0 Å². The number of rotatable bonds is 10. The number of aliphatic carboxylic acids is 1. The number of carboxylic acids is 1. The van der Waals surface area contributed by atoms with E-state index in [9.17, 15) is 19.2 Å². The Morgan fingerprint density at radius 1 is 1.07 bits per heavy atom. The van der Waals surface area contributed by atoms with Crippen LogP contribution in [0.2, 0.25) is 0 Å². The lowest BCUT2D eigenvalue weighted by Crippen LogP contribution is -2.55. The third-order valence-electron chi connectivity index (χ3n) is 3.93. The molecule has 27 heavy (non-hydrogen) atoms. The molecule has 0 aromatic heterocycles. The number of alkyl carbamates (subject to hydrolysis) is 1. The van der Waals surface area contributed by atoms with E-state index in [0.29, 0.717) is 6.42 Å². The quantitative estimate of drug-likeness (QED) is 0.448. The molecule has 3 atom stereocenters. The molecule has 9 nitrogen and oxygen atoms in total. The molecule has 0 radical (unpaired) electrons. The summed E-state index contributed by atoms with van der Waals surface area (Å²) in [6.07, 6.45) is 0.0548. The van der Waals surface area contributed by atoms with Gasteiger partial charge in [-0.05, 0) is 39.5 Å². The summed E-state index contributed by atoms with van der Waals surface area (Å²) in [5, 5.41) is 16.4. The molecular weight excluding hydrogens is 354 g/mol. The summed E-state index contributed by atoms with van der Waals surface area (Å²) in [5.74, 6) is -2.00. The number of hydrogen-bond acceptors (Lipinski definition) is 5. The third-order valence-corrected chi connectivity index (χ3v) is 3.93. The highest BCUT2D eigenvalue weighted by molar-refractivity contribution is 5.91. The van der Waals surface area contributed by atoms with Gasteiger partial charge in [0, 0.05) is 13.5 Å². The summed E-state index contributed by atoms with van der Waals surface area (Å²) in [6, 6.07) is -1.76. The van der Waals surface area contributed by atoms with Crippen molar-refractivity contribution < 1.29 is 29.0 Å². The second-order valence-corrected chi connectivity index (χ2v) is 7.47. The van der Waals surface area contributed by atoms with Crippen molar-refractivity contribution in [1.29, 1.82) is 0 Å². The third kappa shape index (κ3) is 10.4. The highest BCUT2D eigenvalue weighted by Gasteiger charge is 2.30. The van der Waals surface area contributed by atoms with Gasteiger partial charge < -0.3 is 25.8 Å². The fourth-order valence-corrected chi connectivity index (χ4v) is 2.29. The Hall–Kier alpha value is -2.32. The highest BCUT2D eigenvalue weighted by Crippen LogP contribution is 2.11. The Kier molecular flexibility index (Phi) is 10.4. The second-order valence-electron chi connectivity index (χ2n) is 7.47. The maximum Gasteiger partial charge on any atom is 0.408 e. The number of nitrogens with one attached hydrogen (secondary N) is 3. The minimum atomic E-state index is -1.00. The molecule has 4 N–H and O–H groups in total. The second kappa shape index (κ2) is 11.4. The number of likely N-dealkylation sites (N-methyl/N-ethyl adjacent to an activating group) is 1. The molecule has 0 aliphatic carbocycles. The Morgan fingerprint density at radius 3 is 2.11 bits per heavy atom. The van der Waals surface area contributed by atoms with Gasteiger partial charge in [0.1, 0.15) is 17.7 Å². The molecule has 156 valence electrons. The molecule has 0 saturated carbocycles. The first-order valence-electron chi connectivity index (χ1n) is 9.14. The highest BCUT2D eigenvalue weighted by atomic mass is 16.6. The predicted molar refractivity (Wildman–Crippen MR) is 100 cm³/mol. The Morgan fingerprint density at radius 2 is 1.67 bits per heavy atom. The molecule has 0 aliphatic heterocycles. The van der Waals surface area contributed by atoms with Gasteiger partial charge in [0.15, 0.2) is 0 Å². The van der Waals surface area contributed by atoms with E-state index in [0.717, 1.165) is 0 Å². The number of carboxylic acid groups (broad SMARTS) is 1. The van der Waals surface area contributed by atoms with Crippen LogP contribution in [0.25, 0.3) is 0 Å². The van der Waals surface area contributed by atoms with Crippen LogP contribution in [0.5, 0.6) is 0 Å². The molecule has 0 bridgehead atoms. The maximum atomic E-state index is 12.7. The van der Waals surface area contributed by atoms with Crippen LogP contribution >= 0.6 is 0 Å². The van der Waals surface area contributed by atoms with Crippen molar-refractivity contribution in [2.24, 2.45) is 5.92 Å². The normalized spacial score (nSPS) is 14.4. The van der Waals surface area contributed by atoms with Crippen molar-refractivity contribution in [2.45, 2.75) is 78.0 Å². The molecule has 0 aromatic rings. The smallest absolute Gasteiger partial charge is 0.408 e. The van der Waals surface area contributed by atoms with Crippen molar-refractivity contribution in [2.75, 3.05) is 7.05 Å².